The van der Waals surface area contributed by atoms with E-state index in [1.54, 1.807) is 13.2 Å². The highest BCUT2D eigenvalue weighted by Crippen LogP contribution is 2.47. The van der Waals surface area contributed by atoms with E-state index in [0.717, 1.165) is 18.0 Å². The number of methoxy groups -OCH3 is 1. The number of thioether (sulfide) groups is 1. The summed E-state index contributed by atoms with van der Waals surface area (Å²) in [7, 11) is -2.08. The van der Waals surface area contributed by atoms with Gasteiger partial charge in [-0.15, -0.1) is 0 Å². The fourth-order valence-electron chi connectivity index (χ4n) is 3.32. The summed E-state index contributed by atoms with van der Waals surface area (Å²) in [4.78, 5) is 0.236. The highest BCUT2D eigenvalue weighted by atomic mass is 79.9. The van der Waals surface area contributed by atoms with Crippen LogP contribution in [-0.2, 0) is 19.5 Å². The van der Waals surface area contributed by atoms with Gasteiger partial charge in [-0.25, -0.2) is 13.1 Å². The van der Waals surface area contributed by atoms with Gasteiger partial charge in [0.2, 0.25) is 10.0 Å². The van der Waals surface area contributed by atoms with Gasteiger partial charge in [-0.3, -0.25) is 0 Å². The van der Waals surface area contributed by atoms with Crippen LogP contribution in [0.1, 0.15) is 19.3 Å². The smallest absolute Gasteiger partial charge is 0.242 e. The lowest BCUT2D eigenvalue weighted by atomic mass is 10.1. The molecule has 1 aromatic carbocycles. The predicted octanol–water partition coefficient (Wildman–Crippen LogP) is 3.09. The van der Waals surface area contributed by atoms with Crippen molar-refractivity contribution in [2.24, 2.45) is 5.41 Å². The lowest BCUT2D eigenvalue weighted by Gasteiger charge is -2.30. The molecule has 9 heteroatoms. The number of anilines is 1. The van der Waals surface area contributed by atoms with Crippen LogP contribution in [0.25, 0.3) is 0 Å². The summed E-state index contributed by atoms with van der Waals surface area (Å²) in [5, 5.41) is 3.45. The summed E-state index contributed by atoms with van der Waals surface area (Å²) in [5.41, 5.74) is 1.32. The summed E-state index contributed by atoms with van der Waals surface area (Å²) in [5.74, 6) is 1.16. The van der Waals surface area contributed by atoms with Gasteiger partial charge in [0.15, 0.2) is 0 Å². The lowest BCUT2D eigenvalue weighted by molar-refractivity contribution is -0.0448. The average Bonchev–Trinajstić information content (AvgIpc) is 3.40. The van der Waals surface area contributed by atoms with Gasteiger partial charge in [0.25, 0.3) is 0 Å². The highest BCUT2D eigenvalue weighted by Gasteiger charge is 2.41. The van der Waals surface area contributed by atoms with E-state index in [9.17, 15) is 8.42 Å². The Bertz CT molecular complexity index is 756. The van der Waals surface area contributed by atoms with Crippen molar-refractivity contribution in [1.29, 1.82) is 0 Å². The third-order valence-electron chi connectivity index (χ3n) is 5.21. The van der Waals surface area contributed by atoms with E-state index in [4.69, 9.17) is 9.47 Å². The first-order valence-corrected chi connectivity index (χ1v) is 12.7. The molecule has 2 unspecified atom stereocenters. The number of rotatable bonds is 9. The first-order valence-electron chi connectivity index (χ1n) is 9.04. The Balaban J connectivity index is 1.67. The van der Waals surface area contributed by atoms with E-state index in [-0.39, 0.29) is 17.0 Å². The van der Waals surface area contributed by atoms with Gasteiger partial charge in [-0.05, 0) is 65.1 Å². The Labute approximate surface area is 174 Å². The van der Waals surface area contributed by atoms with Crippen LogP contribution in [0, 0.1) is 5.41 Å². The topological polar surface area (TPSA) is 76.7 Å². The third-order valence-corrected chi connectivity index (χ3v) is 8.58. The molecule has 0 bridgehead atoms. The van der Waals surface area contributed by atoms with Crippen molar-refractivity contribution in [1.82, 2.24) is 4.72 Å². The highest BCUT2D eigenvalue weighted by molar-refractivity contribution is 9.10. The van der Waals surface area contributed by atoms with Gasteiger partial charge in [-0.1, -0.05) is 0 Å². The van der Waals surface area contributed by atoms with Gasteiger partial charge in [0, 0.05) is 36.2 Å². The maximum atomic E-state index is 12.8. The number of halogens is 1. The monoisotopic (exact) mass is 478 g/mol. The van der Waals surface area contributed by atoms with Crippen molar-refractivity contribution in [2.75, 3.05) is 44.2 Å². The quantitative estimate of drug-likeness (QED) is 0.567. The fraction of sp³-hybridized carbons (Fsp3) is 0.667. The van der Waals surface area contributed by atoms with Gasteiger partial charge in [0.05, 0.1) is 23.6 Å². The molecule has 2 fully saturated rings. The van der Waals surface area contributed by atoms with Crippen LogP contribution in [0.5, 0.6) is 0 Å². The van der Waals surface area contributed by atoms with Crippen molar-refractivity contribution in [3.63, 3.8) is 0 Å². The molecular weight excluding hydrogens is 452 g/mol. The largest absolute Gasteiger partial charge is 0.384 e. The second-order valence-corrected chi connectivity index (χ2v) is 10.7. The molecule has 0 radical (unpaired) electrons. The molecule has 2 N–H and O–H groups in total. The maximum Gasteiger partial charge on any atom is 0.242 e. The zero-order valence-corrected chi connectivity index (χ0v) is 18.9. The number of sulfonamides is 1. The maximum absolute atomic E-state index is 12.8. The Morgan fingerprint density at radius 2 is 2.19 bits per heavy atom. The number of benzene rings is 1. The van der Waals surface area contributed by atoms with E-state index >= 15 is 0 Å². The molecule has 1 heterocycles. The Morgan fingerprint density at radius 1 is 1.41 bits per heavy atom. The molecule has 6 nitrogen and oxygen atoms in total. The Hall–Kier alpha value is -0.320. The summed E-state index contributed by atoms with van der Waals surface area (Å²) in [6.07, 6.45) is 4.95. The lowest BCUT2D eigenvalue weighted by Crippen LogP contribution is -2.49. The normalized spacial score (nSPS) is 24.6. The minimum absolute atomic E-state index is 0.236. The van der Waals surface area contributed by atoms with Gasteiger partial charge in [-0.2, -0.15) is 11.8 Å². The van der Waals surface area contributed by atoms with Crippen molar-refractivity contribution >= 4 is 43.4 Å². The van der Waals surface area contributed by atoms with Crippen LogP contribution >= 0.6 is 27.7 Å². The molecule has 0 spiro atoms. The first kappa shape index (κ1) is 21.4. The molecule has 2 atom stereocenters. The van der Waals surface area contributed by atoms with E-state index < -0.39 is 10.0 Å². The van der Waals surface area contributed by atoms with Crippen LogP contribution < -0.4 is 10.0 Å². The molecular formula is C18H27BrN2O4S2. The average molecular weight is 479 g/mol. The zero-order valence-electron chi connectivity index (χ0n) is 15.7. The third kappa shape index (κ3) is 5.39. The molecule has 27 heavy (non-hydrogen) atoms. The molecule has 0 amide bonds. The zero-order chi connectivity index (χ0) is 19.5. The van der Waals surface area contributed by atoms with Gasteiger partial charge < -0.3 is 14.8 Å². The molecule has 2 aliphatic rings. The summed E-state index contributed by atoms with van der Waals surface area (Å²) in [6, 6.07) is 5.01. The summed E-state index contributed by atoms with van der Waals surface area (Å²) in [6.45, 7) is 1.84. The van der Waals surface area contributed by atoms with Gasteiger partial charge in [0.1, 0.15) is 0 Å². The Morgan fingerprint density at radius 3 is 2.81 bits per heavy atom. The van der Waals surface area contributed by atoms with E-state index in [1.807, 2.05) is 23.9 Å². The van der Waals surface area contributed by atoms with Crippen molar-refractivity contribution in [3.8, 4) is 0 Å². The van der Waals surface area contributed by atoms with Crippen LogP contribution in [0.15, 0.2) is 27.6 Å². The number of nitrogens with one attached hydrogen (secondary N) is 2. The van der Waals surface area contributed by atoms with Crippen molar-refractivity contribution in [3.05, 3.63) is 22.7 Å². The van der Waals surface area contributed by atoms with Crippen molar-refractivity contribution in [2.45, 2.75) is 36.3 Å². The second-order valence-electron chi connectivity index (χ2n) is 7.30. The summed E-state index contributed by atoms with van der Waals surface area (Å²) < 4.78 is 39.7. The molecule has 1 saturated heterocycles. The molecule has 0 aromatic heterocycles. The molecule has 1 aromatic rings. The number of hydrogen-bond donors (Lipinski definition) is 2. The van der Waals surface area contributed by atoms with E-state index in [2.05, 4.69) is 32.2 Å². The second kappa shape index (κ2) is 9.00. The van der Waals surface area contributed by atoms with Crippen molar-refractivity contribution < 1.29 is 17.9 Å². The molecule has 1 saturated carbocycles. The standard InChI is InChI=1S/C18H27BrN2O4S2/c1-24-16-10-25-8-5-15(16)21-27(22,23)17-4-3-13(9-14(17)19)20-11-18(6-7-18)12-26-2/h3-4,9,15-16,20-21H,5-8,10-12H2,1-2H3. The molecule has 1 aliphatic heterocycles. The minimum Gasteiger partial charge on any atom is -0.384 e. The first-order chi connectivity index (χ1) is 12.9. The molecule has 152 valence electrons. The minimum atomic E-state index is -3.65. The number of ether oxygens (including phenoxy) is 2. The van der Waals surface area contributed by atoms with Crippen LogP contribution in [-0.4, -0.2) is 59.4 Å². The van der Waals surface area contributed by atoms with Crippen LogP contribution in [0.3, 0.4) is 0 Å². The van der Waals surface area contributed by atoms with E-state index in [0.29, 0.717) is 29.5 Å². The van der Waals surface area contributed by atoms with Crippen LogP contribution in [0.4, 0.5) is 5.69 Å². The molecule has 3 rings (SSSR count). The Kier molecular flexibility index (Phi) is 7.13. The van der Waals surface area contributed by atoms with E-state index in [1.165, 1.54) is 12.8 Å². The predicted molar refractivity (Wildman–Crippen MR) is 113 cm³/mol. The SMILES string of the molecule is COC1COCCC1NS(=O)(=O)c1ccc(NCC2(CSC)CC2)cc1Br. The summed E-state index contributed by atoms with van der Waals surface area (Å²) >= 11 is 5.31. The van der Waals surface area contributed by atoms with Crippen LogP contribution in [0.2, 0.25) is 0 Å². The molecule has 1 aliphatic carbocycles. The van der Waals surface area contributed by atoms with Gasteiger partial charge >= 0.3 is 0 Å². The fourth-order valence-corrected chi connectivity index (χ4v) is 6.69. The number of hydrogen-bond acceptors (Lipinski definition) is 6.